The van der Waals surface area contributed by atoms with Crippen LogP contribution < -0.4 is 0 Å². The summed E-state index contributed by atoms with van der Waals surface area (Å²) in [4.78, 5) is 8.61. The Morgan fingerprint density at radius 3 is 3.00 bits per heavy atom. The Kier molecular flexibility index (Phi) is 4.09. The van der Waals surface area contributed by atoms with Crippen LogP contribution >= 0.6 is 23.3 Å². The van der Waals surface area contributed by atoms with Crippen LogP contribution in [0.1, 0.15) is 31.3 Å². The van der Waals surface area contributed by atoms with E-state index in [1.54, 1.807) is 13.1 Å². The van der Waals surface area contributed by atoms with Crippen molar-refractivity contribution < 1.29 is 5.11 Å². The highest BCUT2D eigenvalue weighted by Gasteiger charge is 2.07. The number of pyridine rings is 1. The van der Waals surface area contributed by atoms with E-state index in [9.17, 15) is 5.11 Å². The maximum Gasteiger partial charge on any atom is 0.176 e. The second kappa shape index (κ2) is 5.57. The molecule has 0 bridgehead atoms. The lowest BCUT2D eigenvalue weighted by Crippen LogP contribution is -1.92. The maximum absolute atomic E-state index is 9.49. The average Bonchev–Trinajstić information content (AvgIpc) is 2.77. The van der Waals surface area contributed by atoms with Gasteiger partial charge in [-0.15, -0.1) is 0 Å². The van der Waals surface area contributed by atoms with Crippen LogP contribution in [0.25, 0.3) is 0 Å². The van der Waals surface area contributed by atoms with Gasteiger partial charge in [0.2, 0.25) is 0 Å². The second-order valence-corrected chi connectivity index (χ2v) is 5.55. The van der Waals surface area contributed by atoms with E-state index in [-0.39, 0.29) is 0 Å². The van der Waals surface area contributed by atoms with E-state index >= 15 is 0 Å². The number of hydrogen-bond acceptors (Lipinski definition) is 6. The zero-order chi connectivity index (χ0) is 12.3. The van der Waals surface area contributed by atoms with E-state index in [4.69, 9.17) is 0 Å². The fraction of sp³-hybridized carbons (Fsp3) is 0.364. The predicted molar refractivity (Wildman–Crippen MR) is 68.3 cm³/mol. The first-order chi connectivity index (χ1) is 8.19. The number of hydrogen-bond donors (Lipinski definition) is 1. The summed E-state index contributed by atoms with van der Waals surface area (Å²) in [6.07, 6.45) is 2.07. The van der Waals surface area contributed by atoms with E-state index in [2.05, 4.69) is 14.3 Å². The summed E-state index contributed by atoms with van der Waals surface area (Å²) in [7, 11) is 0. The topological polar surface area (TPSA) is 58.9 Å². The molecule has 0 aliphatic heterocycles. The molecule has 0 saturated carbocycles. The van der Waals surface area contributed by atoms with Crippen molar-refractivity contribution in [2.24, 2.45) is 0 Å². The summed E-state index contributed by atoms with van der Waals surface area (Å²) in [6.45, 7) is 3.77. The zero-order valence-corrected chi connectivity index (χ0v) is 11.3. The molecule has 0 amide bonds. The summed E-state index contributed by atoms with van der Waals surface area (Å²) >= 11 is 2.86. The third kappa shape index (κ3) is 3.24. The molecule has 4 nitrogen and oxygen atoms in total. The highest BCUT2D eigenvalue weighted by atomic mass is 32.2. The van der Waals surface area contributed by atoms with Gasteiger partial charge in [-0.1, -0.05) is 6.92 Å². The molecule has 17 heavy (non-hydrogen) atoms. The quantitative estimate of drug-likeness (QED) is 0.923. The minimum Gasteiger partial charge on any atom is -0.389 e. The van der Waals surface area contributed by atoms with Crippen molar-refractivity contribution in [3.63, 3.8) is 0 Å². The van der Waals surface area contributed by atoms with Crippen molar-refractivity contribution in [3.8, 4) is 0 Å². The molecule has 0 fully saturated rings. The van der Waals surface area contributed by atoms with Gasteiger partial charge in [-0.2, -0.15) is 4.37 Å². The van der Waals surface area contributed by atoms with Crippen molar-refractivity contribution in [2.45, 2.75) is 35.7 Å². The second-order valence-electron chi connectivity index (χ2n) is 3.54. The van der Waals surface area contributed by atoms with Gasteiger partial charge in [0.25, 0.3) is 0 Å². The first kappa shape index (κ1) is 12.5. The first-order valence-electron chi connectivity index (χ1n) is 5.33. The molecule has 6 heteroatoms. The molecule has 0 aromatic carbocycles. The molecule has 2 rings (SSSR count). The fourth-order valence-electron chi connectivity index (χ4n) is 1.25. The van der Waals surface area contributed by atoms with Crippen molar-refractivity contribution in [3.05, 3.63) is 29.7 Å². The lowest BCUT2D eigenvalue weighted by molar-refractivity contribution is 0.199. The minimum atomic E-state index is -0.474. The highest BCUT2D eigenvalue weighted by Crippen LogP contribution is 2.28. The Labute approximate surface area is 108 Å². The molecular formula is C11H13N3OS2. The van der Waals surface area contributed by atoms with Crippen LogP contribution in [0.4, 0.5) is 0 Å². The third-order valence-electron chi connectivity index (χ3n) is 2.20. The van der Waals surface area contributed by atoms with Crippen LogP contribution in [0.3, 0.4) is 0 Å². The SMILES string of the molecule is CCc1nsc(Sc2cc([C@@H](C)O)ccn2)n1. The third-order valence-corrected chi connectivity index (χ3v) is 3.92. The predicted octanol–water partition coefficient (Wildman–Crippen LogP) is 2.70. The van der Waals surface area contributed by atoms with Crippen LogP contribution in [0.15, 0.2) is 27.7 Å². The molecule has 0 spiro atoms. The molecule has 2 aromatic heterocycles. The van der Waals surface area contributed by atoms with Crippen molar-refractivity contribution in [1.82, 2.24) is 14.3 Å². The molecule has 0 aliphatic carbocycles. The van der Waals surface area contributed by atoms with Crippen LogP contribution in [-0.4, -0.2) is 19.4 Å². The average molecular weight is 267 g/mol. The minimum absolute atomic E-state index is 0.474. The van der Waals surface area contributed by atoms with Gasteiger partial charge in [-0.25, -0.2) is 9.97 Å². The largest absolute Gasteiger partial charge is 0.389 e. The van der Waals surface area contributed by atoms with Crippen LogP contribution in [-0.2, 0) is 6.42 Å². The van der Waals surface area contributed by atoms with E-state index in [0.717, 1.165) is 27.2 Å². The summed E-state index contributed by atoms with van der Waals surface area (Å²) < 4.78 is 5.11. The van der Waals surface area contributed by atoms with E-state index in [1.165, 1.54) is 23.3 Å². The van der Waals surface area contributed by atoms with Crippen LogP contribution in [0.5, 0.6) is 0 Å². The molecule has 1 N–H and O–H groups in total. The number of nitrogens with zero attached hydrogens (tertiary/aromatic N) is 3. The van der Waals surface area contributed by atoms with Crippen LogP contribution in [0.2, 0.25) is 0 Å². The molecular weight excluding hydrogens is 254 g/mol. The molecule has 2 heterocycles. The normalized spacial score (nSPS) is 12.6. The van der Waals surface area contributed by atoms with Crippen molar-refractivity contribution >= 4 is 23.3 Å². The fourth-order valence-corrected chi connectivity index (χ4v) is 2.91. The van der Waals surface area contributed by atoms with Crippen LogP contribution in [0, 0.1) is 0 Å². The Morgan fingerprint density at radius 1 is 1.53 bits per heavy atom. The van der Waals surface area contributed by atoms with Gasteiger partial charge in [-0.3, -0.25) is 0 Å². The molecule has 0 saturated heterocycles. The van der Waals surface area contributed by atoms with E-state index in [0.29, 0.717) is 0 Å². The summed E-state index contributed by atoms with van der Waals surface area (Å²) in [5.74, 6) is 0.865. The Balaban J connectivity index is 2.15. The highest BCUT2D eigenvalue weighted by molar-refractivity contribution is 8.00. The number of aliphatic hydroxyl groups is 1. The van der Waals surface area contributed by atoms with Gasteiger partial charge in [0.1, 0.15) is 10.9 Å². The van der Waals surface area contributed by atoms with Gasteiger partial charge in [0.15, 0.2) is 4.34 Å². The Hall–Kier alpha value is -0.980. The first-order valence-corrected chi connectivity index (χ1v) is 6.92. The van der Waals surface area contributed by atoms with Gasteiger partial charge in [-0.05, 0) is 47.9 Å². The monoisotopic (exact) mass is 267 g/mol. The zero-order valence-electron chi connectivity index (χ0n) is 9.62. The molecule has 90 valence electrons. The van der Waals surface area contributed by atoms with E-state index < -0.39 is 6.10 Å². The van der Waals surface area contributed by atoms with Gasteiger partial charge < -0.3 is 5.11 Å². The van der Waals surface area contributed by atoms with Crippen molar-refractivity contribution in [1.29, 1.82) is 0 Å². The Bertz CT molecular complexity index is 499. The Morgan fingerprint density at radius 2 is 2.35 bits per heavy atom. The standard InChI is InChI=1S/C11H13N3OS2/c1-3-9-13-11(17-14-9)16-10-6-8(7(2)15)4-5-12-10/h4-7,15H,3H2,1-2H3/t7-/m1/s1. The van der Waals surface area contributed by atoms with Gasteiger partial charge in [0, 0.05) is 12.6 Å². The molecule has 1 atom stereocenters. The van der Waals surface area contributed by atoms with Gasteiger partial charge in [0.05, 0.1) is 6.10 Å². The van der Waals surface area contributed by atoms with Gasteiger partial charge >= 0.3 is 0 Å². The number of aryl methyl sites for hydroxylation is 1. The molecule has 0 aliphatic rings. The van der Waals surface area contributed by atoms with E-state index in [1.807, 2.05) is 19.1 Å². The smallest absolute Gasteiger partial charge is 0.176 e. The molecule has 0 radical (unpaired) electrons. The summed E-state index contributed by atoms with van der Waals surface area (Å²) in [5.41, 5.74) is 0.864. The number of aromatic nitrogens is 3. The summed E-state index contributed by atoms with van der Waals surface area (Å²) in [5, 5.41) is 10.3. The molecule has 2 aromatic rings. The molecule has 0 unspecified atom stereocenters. The number of aliphatic hydroxyl groups excluding tert-OH is 1. The number of rotatable bonds is 4. The summed E-state index contributed by atoms with van der Waals surface area (Å²) in [6, 6.07) is 3.69. The maximum atomic E-state index is 9.49. The lowest BCUT2D eigenvalue weighted by atomic mass is 10.2. The van der Waals surface area contributed by atoms with Crippen molar-refractivity contribution in [2.75, 3.05) is 0 Å². The lowest BCUT2D eigenvalue weighted by Gasteiger charge is -2.04.